The van der Waals surface area contributed by atoms with Gasteiger partial charge in [0.05, 0.1) is 0 Å². The zero-order valence-corrected chi connectivity index (χ0v) is 14.3. The Hall–Kier alpha value is -1.12. The van der Waals surface area contributed by atoms with E-state index in [-0.39, 0.29) is 6.04 Å². The summed E-state index contributed by atoms with van der Waals surface area (Å²) in [6.45, 7) is 4.30. The lowest BCUT2D eigenvalue weighted by molar-refractivity contribution is 0.381. The number of aryl methyl sites for hydroxylation is 3. The van der Waals surface area contributed by atoms with Crippen LogP contribution in [0.5, 0.6) is 0 Å². The maximum Gasteiger partial charge on any atom is 0.0329 e. The predicted octanol–water partition coefficient (Wildman–Crippen LogP) is 4.87. The highest BCUT2D eigenvalue weighted by atomic mass is 79.9. The van der Waals surface area contributed by atoms with Gasteiger partial charge in [-0.1, -0.05) is 46.3 Å². The molecule has 21 heavy (non-hydrogen) atoms. The average molecular weight is 344 g/mol. The Morgan fingerprint density at radius 1 is 1.10 bits per heavy atom. The maximum atomic E-state index is 6.63. The largest absolute Gasteiger partial charge is 0.324 e. The predicted molar refractivity (Wildman–Crippen MR) is 92.5 cm³/mol. The average Bonchev–Trinajstić information content (AvgIpc) is 2.50. The van der Waals surface area contributed by atoms with E-state index in [9.17, 15) is 0 Å². The molecule has 0 radical (unpaired) electrons. The van der Waals surface area contributed by atoms with Gasteiger partial charge in [-0.05, 0) is 72.9 Å². The summed E-state index contributed by atoms with van der Waals surface area (Å²) < 4.78 is 1.17. The van der Waals surface area contributed by atoms with Crippen LogP contribution in [0.2, 0.25) is 0 Å². The zero-order valence-electron chi connectivity index (χ0n) is 12.7. The quantitative estimate of drug-likeness (QED) is 0.826. The van der Waals surface area contributed by atoms with Crippen molar-refractivity contribution in [3.63, 3.8) is 0 Å². The minimum absolute atomic E-state index is 0.130. The van der Waals surface area contributed by atoms with E-state index in [0.29, 0.717) is 5.92 Å². The number of fused-ring (bicyclic) bond motifs is 1. The van der Waals surface area contributed by atoms with E-state index in [2.05, 4.69) is 66.2 Å². The standard InChI is InChI=1S/C19H22BrN/c1-12-10-18(20)13(2)9-17(12)19(21)16-8-7-14-5-3-4-6-15(14)11-16/h3-6,9-10,16,19H,7-8,11,21H2,1-2H3. The van der Waals surface area contributed by atoms with Crippen LogP contribution in [0.15, 0.2) is 40.9 Å². The second-order valence-electron chi connectivity index (χ2n) is 6.26. The first-order chi connectivity index (χ1) is 10.1. The van der Waals surface area contributed by atoms with E-state index in [4.69, 9.17) is 5.73 Å². The highest BCUT2D eigenvalue weighted by Crippen LogP contribution is 2.35. The fourth-order valence-corrected chi connectivity index (χ4v) is 3.91. The topological polar surface area (TPSA) is 26.0 Å². The molecule has 0 saturated carbocycles. The van der Waals surface area contributed by atoms with Crippen molar-refractivity contribution in [1.29, 1.82) is 0 Å². The summed E-state index contributed by atoms with van der Waals surface area (Å²) in [6.07, 6.45) is 3.45. The molecule has 0 fully saturated rings. The van der Waals surface area contributed by atoms with Gasteiger partial charge in [-0.15, -0.1) is 0 Å². The summed E-state index contributed by atoms with van der Waals surface area (Å²) in [5.74, 6) is 0.541. The molecule has 2 atom stereocenters. The number of benzene rings is 2. The Labute approximate surface area is 135 Å². The van der Waals surface area contributed by atoms with Crippen LogP contribution in [0, 0.1) is 19.8 Å². The van der Waals surface area contributed by atoms with Gasteiger partial charge in [-0.2, -0.15) is 0 Å². The molecule has 0 saturated heterocycles. The van der Waals surface area contributed by atoms with Crippen LogP contribution in [0.25, 0.3) is 0 Å². The van der Waals surface area contributed by atoms with Crippen molar-refractivity contribution in [2.45, 2.75) is 39.2 Å². The first-order valence-corrected chi connectivity index (χ1v) is 8.44. The summed E-state index contributed by atoms with van der Waals surface area (Å²) in [5, 5.41) is 0. The van der Waals surface area contributed by atoms with Crippen LogP contribution in [-0.4, -0.2) is 0 Å². The van der Waals surface area contributed by atoms with Gasteiger partial charge < -0.3 is 5.73 Å². The SMILES string of the molecule is Cc1cc(C(N)C2CCc3ccccc3C2)c(C)cc1Br. The Morgan fingerprint density at radius 2 is 1.81 bits per heavy atom. The Kier molecular flexibility index (Phi) is 4.19. The van der Waals surface area contributed by atoms with Gasteiger partial charge in [0, 0.05) is 10.5 Å². The molecule has 0 aromatic heterocycles. The Bertz CT molecular complexity index is 663. The lowest BCUT2D eigenvalue weighted by Gasteiger charge is -2.30. The monoisotopic (exact) mass is 343 g/mol. The lowest BCUT2D eigenvalue weighted by Crippen LogP contribution is -2.27. The number of hydrogen-bond donors (Lipinski definition) is 1. The minimum atomic E-state index is 0.130. The number of rotatable bonds is 2. The lowest BCUT2D eigenvalue weighted by atomic mass is 9.77. The van der Waals surface area contributed by atoms with Crippen LogP contribution in [0.1, 0.15) is 40.3 Å². The molecule has 1 aliphatic carbocycles. The normalized spacial score (nSPS) is 19.1. The van der Waals surface area contributed by atoms with Crippen LogP contribution in [0.4, 0.5) is 0 Å². The third-order valence-electron chi connectivity index (χ3n) is 4.80. The van der Waals surface area contributed by atoms with E-state index in [1.54, 1.807) is 0 Å². The zero-order chi connectivity index (χ0) is 15.0. The summed E-state index contributed by atoms with van der Waals surface area (Å²) in [6, 6.07) is 13.4. The van der Waals surface area contributed by atoms with E-state index < -0.39 is 0 Å². The molecule has 0 aliphatic heterocycles. The highest BCUT2D eigenvalue weighted by Gasteiger charge is 2.25. The van der Waals surface area contributed by atoms with Crippen molar-refractivity contribution in [3.8, 4) is 0 Å². The molecule has 0 heterocycles. The fourth-order valence-electron chi connectivity index (χ4n) is 3.45. The molecular weight excluding hydrogens is 322 g/mol. The highest BCUT2D eigenvalue weighted by molar-refractivity contribution is 9.10. The minimum Gasteiger partial charge on any atom is -0.324 e. The molecule has 0 spiro atoms. The number of nitrogens with two attached hydrogens (primary N) is 1. The third-order valence-corrected chi connectivity index (χ3v) is 5.65. The van der Waals surface area contributed by atoms with E-state index in [0.717, 1.165) is 12.8 Å². The third kappa shape index (κ3) is 2.93. The molecule has 2 N–H and O–H groups in total. The van der Waals surface area contributed by atoms with Crippen LogP contribution in [-0.2, 0) is 12.8 Å². The molecule has 0 bridgehead atoms. The van der Waals surface area contributed by atoms with Gasteiger partial charge >= 0.3 is 0 Å². The van der Waals surface area contributed by atoms with Crippen molar-refractivity contribution in [3.05, 3.63) is 68.7 Å². The van der Waals surface area contributed by atoms with Gasteiger partial charge in [0.2, 0.25) is 0 Å². The molecule has 2 aromatic carbocycles. The first-order valence-electron chi connectivity index (χ1n) is 7.65. The summed E-state index contributed by atoms with van der Waals surface area (Å²) in [4.78, 5) is 0. The number of hydrogen-bond acceptors (Lipinski definition) is 1. The van der Waals surface area contributed by atoms with Crippen molar-refractivity contribution in [2.75, 3.05) is 0 Å². The molecule has 110 valence electrons. The molecule has 1 aliphatic rings. The summed E-state index contributed by atoms with van der Waals surface area (Å²) in [5.41, 5.74) is 13.5. The molecular formula is C19H22BrN. The molecule has 1 nitrogen and oxygen atoms in total. The molecule has 3 rings (SSSR count). The fraction of sp³-hybridized carbons (Fsp3) is 0.368. The molecule has 2 heteroatoms. The van der Waals surface area contributed by atoms with Gasteiger partial charge in [0.25, 0.3) is 0 Å². The van der Waals surface area contributed by atoms with Crippen molar-refractivity contribution in [1.82, 2.24) is 0 Å². The van der Waals surface area contributed by atoms with Gasteiger partial charge in [-0.3, -0.25) is 0 Å². The second kappa shape index (κ2) is 5.94. The van der Waals surface area contributed by atoms with Gasteiger partial charge in [0.15, 0.2) is 0 Å². The van der Waals surface area contributed by atoms with Crippen LogP contribution < -0.4 is 5.73 Å². The van der Waals surface area contributed by atoms with Crippen molar-refractivity contribution < 1.29 is 0 Å². The second-order valence-corrected chi connectivity index (χ2v) is 7.11. The van der Waals surface area contributed by atoms with Crippen LogP contribution in [0.3, 0.4) is 0 Å². The van der Waals surface area contributed by atoms with E-state index in [1.165, 1.54) is 38.7 Å². The summed E-state index contributed by atoms with van der Waals surface area (Å²) in [7, 11) is 0. The molecule has 2 unspecified atom stereocenters. The van der Waals surface area contributed by atoms with E-state index >= 15 is 0 Å². The Morgan fingerprint density at radius 3 is 2.57 bits per heavy atom. The smallest absolute Gasteiger partial charge is 0.0329 e. The van der Waals surface area contributed by atoms with Crippen molar-refractivity contribution >= 4 is 15.9 Å². The number of halogens is 1. The molecule has 2 aromatic rings. The molecule has 0 amide bonds. The van der Waals surface area contributed by atoms with Gasteiger partial charge in [-0.25, -0.2) is 0 Å². The Balaban J connectivity index is 1.87. The van der Waals surface area contributed by atoms with Crippen molar-refractivity contribution in [2.24, 2.45) is 11.7 Å². The van der Waals surface area contributed by atoms with Crippen LogP contribution >= 0.6 is 15.9 Å². The summed E-state index contributed by atoms with van der Waals surface area (Å²) >= 11 is 3.61. The first kappa shape index (κ1) is 14.8. The van der Waals surface area contributed by atoms with E-state index in [1.807, 2.05) is 0 Å². The maximum absolute atomic E-state index is 6.63. The van der Waals surface area contributed by atoms with Gasteiger partial charge in [0.1, 0.15) is 0 Å².